The number of nitrogens with one attached hydrogen (secondary N) is 3. The third-order valence-corrected chi connectivity index (χ3v) is 5.75. The molecule has 1 aromatic carbocycles. The lowest BCUT2D eigenvalue weighted by Crippen LogP contribution is -2.40. The summed E-state index contributed by atoms with van der Waals surface area (Å²) in [6.45, 7) is 4.85. The summed E-state index contributed by atoms with van der Waals surface area (Å²) < 4.78 is 0. The van der Waals surface area contributed by atoms with Crippen molar-refractivity contribution >= 4 is 16.9 Å². The summed E-state index contributed by atoms with van der Waals surface area (Å²) in [6, 6.07) is 10.6. The highest BCUT2D eigenvalue weighted by Crippen LogP contribution is 2.39. The van der Waals surface area contributed by atoms with E-state index in [0.29, 0.717) is 0 Å². The Balaban J connectivity index is 1.56. The average Bonchev–Trinajstić information content (AvgIpc) is 3.10. The van der Waals surface area contributed by atoms with Crippen molar-refractivity contribution in [3.8, 4) is 0 Å². The molecule has 0 radical (unpaired) electrons. The monoisotopic (exact) mass is 370 g/mol. The molecular weight excluding hydrogens is 336 g/mol. The third-order valence-electron chi connectivity index (χ3n) is 5.75. The minimum absolute atomic E-state index is 0.187. The van der Waals surface area contributed by atoms with Crippen LogP contribution < -0.4 is 10.6 Å². The molecule has 5 heteroatoms. The van der Waals surface area contributed by atoms with Crippen molar-refractivity contribution in [1.29, 1.82) is 0 Å². The summed E-state index contributed by atoms with van der Waals surface area (Å²) in [6.07, 6.45) is 8.02. The lowest BCUT2D eigenvalue weighted by atomic mass is 9.72. The van der Waals surface area contributed by atoms with Crippen LogP contribution in [0.1, 0.15) is 51.1 Å². The third kappa shape index (κ3) is 5.48. The summed E-state index contributed by atoms with van der Waals surface area (Å²) >= 11 is 0. The number of nitrogens with zero attached hydrogens (tertiary/aromatic N) is 1. The SMILES string of the molecule is CCNC(=NCC1(CCO)CCCCC1)NCCc1cc2ccccc2[nH]1. The number of fused-ring (bicyclic) bond motifs is 1. The van der Waals surface area contributed by atoms with Crippen LogP contribution in [0, 0.1) is 5.41 Å². The normalized spacial score (nSPS) is 17.2. The Hall–Kier alpha value is -2.01. The predicted molar refractivity (Wildman–Crippen MR) is 113 cm³/mol. The zero-order valence-electron chi connectivity index (χ0n) is 16.6. The Morgan fingerprint density at radius 3 is 2.74 bits per heavy atom. The quantitative estimate of drug-likeness (QED) is 0.424. The molecule has 0 saturated heterocycles. The van der Waals surface area contributed by atoms with Crippen molar-refractivity contribution in [2.24, 2.45) is 10.4 Å². The van der Waals surface area contributed by atoms with Crippen LogP contribution in [0.2, 0.25) is 0 Å². The van der Waals surface area contributed by atoms with E-state index >= 15 is 0 Å². The summed E-state index contributed by atoms with van der Waals surface area (Å²) in [4.78, 5) is 8.35. The van der Waals surface area contributed by atoms with Gasteiger partial charge in [-0.15, -0.1) is 0 Å². The van der Waals surface area contributed by atoms with Crippen LogP contribution in [0.3, 0.4) is 0 Å². The Kier molecular flexibility index (Phi) is 7.16. The predicted octanol–water partition coefficient (Wildman–Crippen LogP) is 3.60. The standard InChI is InChI=1S/C22H34N4O/c1-2-23-21(25-17-22(13-15-27)11-6-3-7-12-22)24-14-10-19-16-18-8-4-5-9-20(18)26-19/h4-5,8-9,16,26-27H,2-3,6-7,10-15,17H2,1H3,(H2,23,24,25). The van der Waals surface area contributed by atoms with Gasteiger partial charge in [0.2, 0.25) is 0 Å². The number of aliphatic imine (C=N–C) groups is 1. The summed E-state index contributed by atoms with van der Waals surface area (Å²) in [5.41, 5.74) is 2.62. The van der Waals surface area contributed by atoms with Crippen LogP contribution in [0.15, 0.2) is 35.3 Å². The van der Waals surface area contributed by atoms with Crippen LogP contribution in [0.5, 0.6) is 0 Å². The number of para-hydroxylation sites is 1. The number of aromatic amines is 1. The molecule has 0 spiro atoms. The minimum atomic E-state index is 0.187. The second-order valence-electron chi connectivity index (χ2n) is 7.79. The molecule has 4 N–H and O–H groups in total. The van der Waals surface area contributed by atoms with E-state index in [4.69, 9.17) is 4.99 Å². The van der Waals surface area contributed by atoms with Crippen LogP contribution in [-0.4, -0.2) is 42.3 Å². The molecular formula is C22H34N4O. The summed E-state index contributed by atoms with van der Waals surface area (Å²) in [5, 5.41) is 17.6. The van der Waals surface area contributed by atoms with Gasteiger partial charge in [0, 0.05) is 43.9 Å². The van der Waals surface area contributed by atoms with E-state index in [1.807, 2.05) is 0 Å². The molecule has 0 atom stereocenters. The van der Waals surface area contributed by atoms with E-state index in [1.54, 1.807) is 0 Å². The van der Waals surface area contributed by atoms with E-state index in [9.17, 15) is 5.11 Å². The van der Waals surface area contributed by atoms with Crippen LogP contribution in [0.4, 0.5) is 0 Å². The minimum Gasteiger partial charge on any atom is -0.396 e. The van der Waals surface area contributed by atoms with Crippen molar-refractivity contribution in [3.05, 3.63) is 36.0 Å². The number of aliphatic hydroxyl groups excluding tert-OH is 1. The first-order valence-corrected chi connectivity index (χ1v) is 10.4. The molecule has 0 bridgehead atoms. The number of guanidine groups is 1. The van der Waals surface area contributed by atoms with Gasteiger partial charge >= 0.3 is 0 Å². The molecule has 0 amide bonds. The highest BCUT2D eigenvalue weighted by Gasteiger charge is 2.31. The highest BCUT2D eigenvalue weighted by molar-refractivity contribution is 5.81. The number of hydrogen-bond donors (Lipinski definition) is 4. The van der Waals surface area contributed by atoms with Crippen LogP contribution >= 0.6 is 0 Å². The largest absolute Gasteiger partial charge is 0.396 e. The maximum absolute atomic E-state index is 9.50. The zero-order chi connectivity index (χ0) is 19.0. The molecule has 1 heterocycles. The number of aromatic nitrogens is 1. The molecule has 1 aliphatic carbocycles. The van der Waals surface area contributed by atoms with Gasteiger partial charge in [-0.25, -0.2) is 0 Å². The fourth-order valence-corrected chi connectivity index (χ4v) is 4.20. The van der Waals surface area contributed by atoms with Crippen LogP contribution in [-0.2, 0) is 6.42 Å². The van der Waals surface area contributed by atoms with E-state index in [1.165, 1.54) is 48.7 Å². The molecule has 0 unspecified atom stereocenters. The Morgan fingerprint density at radius 2 is 2.00 bits per heavy atom. The molecule has 1 aromatic heterocycles. The molecule has 1 saturated carbocycles. The highest BCUT2D eigenvalue weighted by atomic mass is 16.3. The Labute approximate surface area is 162 Å². The molecule has 2 aromatic rings. The van der Waals surface area contributed by atoms with Crippen molar-refractivity contribution in [3.63, 3.8) is 0 Å². The van der Waals surface area contributed by atoms with Gasteiger partial charge in [0.05, 0.1) is 0 Å². The van der Waals surface area contributed by atoms with Gasteiger partial charge in [-0.1, -0.05) is 37.5 Å². The van der Waals surface area contributed by atoms with Gasteiger partial charge in [-0.05, 0) is 49.1 Å². The smallest absolute Gasteiger partial charge is 0.191 e. The van der Waals surface area contributed by atoms with Gasteiger partial charge in [-0.2, -0.15) is 0 Å². The van der Waals surface area contributed by atoms with E-state index in [0.717, 1.165) is 38.4 Å². The Morgan fingerprint density at radius 1 is 1.19 bits per heavy atom. The molecule has 0 aliphatic heterocycles. The van der Waals surface area contributed by atoms with E-state index in [2.05, 4.69) is 52.9 Å². The number of benzene rings is 1. The first-order chi connectivity index (χ1) is 13.2. The van der Waals surface area contributed by atoms with E-state index < -0.39 is 0 Å². The van der Waals surface area contributed by atoms with Crippen molar-refractivity contribution in [2.75, 3.05) is 26.2 Å². The Bertz CT molecular complexity index is 692. The number of rotatable bonds is 8. The second kappa shape index (κ2) is 9.79. The summed E-state index contributed by atoms with van der Waals surface area (Å²) in [5.74, 6) is 0.886. The topological polar surface area (TPSA) is 72.4 Å². The fourth-order valence-electron chi connectivity index (χ4n) is 4.20. The van der Waals surface area contributed by atoms with Crippen molar-refractivity contribution < 1.29 is 5.11 Å². The fraction of sp³-hybridized carbons (Fsp3) is 0.591. The molecule has 1 fully saturated rings. The lowest BCUT2D eigenvalue weighted by Gasteiger charge is -2.35. The van der Waals surface area contributed by atoms with E-state index in [-0.39, 0.29) is 12.0 Å². The first kappa shape index (κ1) is 19.7. The number of hydrogen-bond acceptors (Lipinski definition) is 2. The average molecular weight is 371 g/mol. The van der Waals surface area contributed by atoms with Crippen molar-refractivity contribution in [1.82, 2.24) is 15.6 Å². The van der Waals surface area contributed by atoms with Crippen molar-refractivity contribution in [2.45, 2.75) is 51.9 Å². The van der Waals surface area contributed by atoms with Gasteiger partial charge in [0.1, 0.15) is 0 Å². The molecule has 27 heavy (non-hydrogen) atoms. The van der Waals surface area contributed by atoms with Gasteiger partial charge in [-0.3, -0.25) is 4.99 Å². The summed E-state index contributed by atoms with van der Waals surface area (Å²) in [7, 11) is 0. The maximum Gasteiger partial charge on any atom is 0.191 e. The lowest BCUT2D eigenvalue weighted by molar-refractivity contribution is 0.137. The maximum atomic E-state index is 9.50. The molecule has 5 nitrogen and oxygen atoms in total. The molecule has 3 rings (SSSR count). The number of aliphatic hydroxyl groups is 1. The van der Waals surface area contributed by atoms with Crippen LogP contribution in [0.25, 0.3) is 10.9 Å². The van der Waals surface area contributed by atoms with Gasteiger partial charge in [0.15, 0.2) is 5.96 Å². The molecule has 1 aliphatic rings. The first-order valence-electron chi connectivity index (χ1n) is 10.4. The van der Waals surface area contributed by atoms with Gasteiger partial charge < -0.3 is 20.7 Å². The van der Waals surface area contributed by atoms with Gasteiger partial charge in [0.25, 0.3) is 0 Å². The molecule has 148 valence electrons. The zero-order valence-corrected chi connectivity index (χ0v) is 16.6. The number of H-pyrrole nitrogens is 1. The second-order valence-corrected chi connectivity index (χ2v) is 7.79.